The fourth-order valence-electron chi connectivity index (χ4n) is 10.6. The molecule has 0 heterocycles. The zero-order valence-corrected chi connectivity index (χ0v) is 65.5. The third-order valence-corrected chi connectivity index (χ3v) is 17.6. The molecule has 0 saturated heterocycles. The van der Waals surface area contributed by atoms with Crippen LogP contribution in [0.15, 0.2) is 194 Å². The largest absolute Gasteiger partial charge is 0.756 e. The van der Waals surface area contributed by atoms with Gasteiger partial charge in [0.1, 0.15) is 19.8 Å². The second-order valence-electron chi connectivity index (χ2n) is 27.3. The number of ether oxygens (including phenoxy) is 2. The number of unbranched alkanes of at least 4 members (excludes halogenated alkanes) is 26. The minimum absolute atomic E-state index is 0.0477. The third-order valence-electron chi connectivity index (χ3n) is 16.6. The van der Waals surface area contributed by atoms with Crippen molar-refractivity contribution in [2.75, 3.05) is 47.5 Å². The number of phosphoric ester groups is 1. The van der Waals surface area contributed by atoms with Gasteiger partial charge in [-0.15, -0.1) is 0 Å². The van der Waals surface area contributed by atoms with E-state index in [4.69, 9.17) is 18.5 Å². The lowest BCUT2D eigenvalue weighted by Gasteiger charge is -2.28. The Labute approximate surface area is 615 Å². The number of hydrogen-bond acceptors (Lipinski definition) is 8. The molecule has 0 spiro atoms. The van der Waals surface area contributed by atoms with Gasteiger partial charge in [-0.2, -0.15) is 0 Å². The maximum atomic E-state index is 12.9. The van der Waals surface area contributed by atoms with E-state index in [1.54, 1.807) is 0 Å². The second kappa shape index (κ2) is 78.0. The number of carbonyl (C=O) groups is 2. The van der Waals surface area contributed by atoms with E-state index in [0.717, 1.165) is 135 Å². The van der Waals surface area contributed by atoms with Crippen LogP contribution >= 0.6 is 7.82 Å². The first-order valence-electron chi connectivity index (χ1n) is 40.1. The van der Waals surface area contributed by atoms with Crippen molar-refractivity contribution in [3.63, 3.8) is 0 Å². The van der Waals surface area contributed by atoms with Gasteiger partial charge >= 0.3 is 11.9 Å². The van der Waals surface area contributed by atoms with Crippen LogP contribution in [0.1, 0.15) is 309 Å². The summed E-state index contributed by atoms with van der Waals surface area (Å²) in [7, 11) is 1.12. The summed E-state index contributed by atoms with van der Waals surface area (Å²) in [6, 6.07) is 0. The van der Waals surface area contributed by atoms with Crippen molar-refractivity contribution in [3.8, 4) is 0 Å². The van der Waals surface area contributed by atoms with Crippen LogP contribution in [0, 0.1) is 0 Å². The fraction of sp³-hybridized carbons (Fsp3) is 0.622. The van der Waals surface area contributed by atoms with Gasteiger partial charge in [0, 0.05) is 12.8 Å². The normalized spacial score (nSPS) is 14.1. The van der Waals surface area contributed by atoms with Crippen molar-refractivity contribution in [3.05, 3.63) is 194 Å². The molecule has 0 N–H and O–H groups in total. The van der Waals surface area contributed by atoms with Gasteiger partial charge < -0.3 is 27.9 Å². The number of likely N-dealkylation sites (N-methyl/N-ethyl adjacent to an activating group) is 1. The third kappa shape index (κ3) is 81.8. The maximum Gasteiger partial charge on any atom is 0.306 e. The Bertz CT molecular complexity index is 2400. The SMILES string of the molecule is CC/C=C\C/C=C\C/C=C\C/C=C\C/C=C\C/C=C\C/C=C\C/C=C\C/C=C\C/C=C\C/C=C\C/C=C\CCCCC(=O)OC(COC(=O)CCCCCCCCCCCCCCCCCCCCCCCCCC/C=C\C/C=C\C/C=C\C/C=C\CC)COP(=O)([O-])OCC[N+](C)(C)C. The van der Waals surface area contributed by atoms with Crippen molar-refractivity contribution in [1.29, 1.82) is 0 Å². The predicted molar refractivity (Wildman–Crippen MR) is 433 cm³/mol. The summed E-state index contributed by atoms with van der Waals surface area (Å²) in [5.74, 6) is -0.887. The number of nitrogens with zero attached hydrogens (tertiary/aromatic N) is 1. The lowest BCUT2D eigenvalue weighted by Crippen LogP contribution is -2.37. The molecule has 10 heteroatoms. The number of quaternary nitrogens is 1. The Morgan fingerprint density at radius 2 is 0.540 bits per heavy atom. The highest BCUT2D eigenvalue weighted by Gasteiger charge is 2.22. The van der Waals surface area contributed by atoms with Gasteiger partial charge in [-0.25, -0.2) is 0 Å². The van der Waals surface area contributed by atoms with E-state index in [-0.39, 0.29) is 26.1 Å². The van der Waals surface area contributed by atoms with Crippen molar-refractivity contribution in [2.45, 2.75) is 315 Å². The van der Waals surface area contributed by atoms with Crippen molar-refractivity contribution in [1.82, 2.24) is 0 Å². The highest BCUT2D eigenvalue weighted by molar-refractivity contribution is 7.45. The van der Waals surface area contributed by atoms with Crippen molar-refractivity contribution >= 4 is 19.8 Å². The number of esters is 2. The van der Waals surface area contributed by atoms with Gasteiger partial charge in [-0.05, 0) is 141 Å². The van der Waals surface area contributed by atoms with Crippen molar-refractivity contribution < 1.29 is 42.1 Å². The molecule has 0 radical (unpaired) electrons. The molecule has 100 heavy (non-hydrogen) atoms. The van der Waals surface area contributed by atoms with E-state index in [1.807, 2.05) is 21.1 Å². The first kappa shape index (κ1) is 94.8. The van der Waals surface area contributed by atoms with E-state index in [0.29, 0.717) is 17.4 Å². The molecule has 0 aromatic rings. The standard InChI is InChI=1S/C90H148NO8P/c1-6-8-10-12-14-16-18-20-22-24-26-28-30-32-34-36-38-40-42-44-45-47-49-51-53-55-57-59-61-63-65-67-69-71-73-75-77-79-81-83-90(93)99-88(87-98-100(94,95)97-85-84-91(3,4)5)86-96-89(92)82-80-78-76-74-72-70-68-66-64-62-60-58-56-54-52-50-48-46-43-41-39-37-35-33-31-29-27-25-23-21-19-17-15-13-11-9-7-2/h8-11,14-17,20-23,26-29,32,34,38,40,44-45,49,51,55,57,61,63,67,69,73,75,88H,6-7,12-13,18-19,24-25,30-31,33,35-37,39,41-43,46-48,50,52-54,56,58-60,62,64-66,68,70-72,74,76-87H2,1-5H3/b10-8-,11-9-,16-14-,17-15-,22-20-,23-21-,28-26-,29-27-,34-32-,40-38-,45-44-,51-49-,57-55-,63-61-,69-67-,75-73-. The van der Waals surface area contributed by atoms with E-state index in [2.05, 4.69) is 208 Å². The topological polar surface area (TPSA) is 111 Å². The number of phosphoric acid groups is 1. The first-order valence-corrected chi connectivity index (χ1v) is 41.6. The maximum absolute atomic E-state index is 12.9. The Balaban J connectivity index is 4.09. The van der Waals surface area contributed by atoms with Crippen LogP contribution in [-0.2, 0) is 32.7 Å². The molecule has 2 atom stereocenters. The first-order chi connectivity index (χ1) is 49.0. The van der Waals surface area contributed by atoms with Crippen LogP contribution in [-0.4, -0.2) is 70.0 Å². The molecule has 0 aromatic heterocycles. The van der Waals surface area contributed by atoms with E-state index in [1.165, 1.54) is 141 Å². The molecule has 0 aliphatic rings. The number of carbonyl (C=O) groups excluding carboxylic acids is 2. The van der Waals surface area contributed by atoms with Crippen LogP contribution < -0.4 is 4.89 Å². The lowest BCUT2D eigenvalue weighted by atomic mass is 10.0. The van der Waals surface area contributed by atoms with Crippen LogP contribution in [0.3, 0.4) is 0 Å². The zero-order chi connectivity index (χ0) is 72.5. The summed E-state index contributed by atoms with van der Waals surface area (Å²) in [6.07, 6.45) is 121. The quantitative estimate of drug-likeness (QED) is 0.0195. The number of rotatable bonds is 72. The molecule has 0 aromatic carbocycles. The van der Waals surface area contributed by atoms with Gasteiger partial charge in [0.15, 0.2) is 6.10 Å². The highest BCUT2D eigenvalue weighted by Crippen LogP contribution is 2.38. The zero-order valence-electron chi connectivity index (χ0n) is 64.6. The summed E-state index contributed by atoms with van der Waals surface area (Å²) in [4.78, 5) is 38.2. The molecule has 0 saturated carbocycles. The molecule has 566 valence electrons. The van der Waals surface area contributed by atoms with Gasteiger partial charge in [-0.1, -0.05) is 350 Å². The van der Waals surface area contributed by atoms with Gasteiger partial charge in [-0.3, -0.25) is 14.2 Å². The Morgan fingerprint density at radius 1 is 0.310 bits per heavy atom. The molecule has 0 amide bonds. The monoisotopic (exact) mass is 1400 g/mol. The molecular weight excluding hydrogens is 1250 g/mol. The average molecular weight is 1400 g/mol. The highest BCUT2D eigenvalue weighted by atomic mass is 31.2. The average Bonchev–Trinajstić information content (AvgIpc) is 1.07. The Hall–Kier alpha value is -5.15. The summed E-state index contributed by atoms with van der Waals surface area (Å²) in [5.41, 5.74) is 0. The molecule has 9 nitrogen and oxygen atoms in total. The van der Waals surface area contributed by atoms with Gasteiger partial charge in [0.2, 0.25) is 0 Å². The van der Waals surface area contributed by atoms with E-state index < -0.39 is 32.5 Å². The summed E-state index contributed by atoms with van der Waals surface area (Å²) >= 11 is 0. The molecule has 0 fully saturated rings. The second-order valence-corrected chi connectivity index (χ2v) is 28.7. The number of allylic oxidation sites excluding steroid dienone is 32. The fourth-order valence-corrected chi connectivity index (χ4v) is 11.3. The van der Waals surface area contributed by atoms with Crippen LogP contribution in [0.4, 0.5) is 0 Å². The van der Waals surface area contributed by atoms with Crippen LogP contribution in [0.2, 0.25) is 0 Å². The molecular formula is C90H148NO8P. The molecule has 0 rings (SSSR count). The Morgan fingerprint density at radius 3 is 0.820 bits per heavy atom. The van der Waals surface area contributed by atoms with Crippen molar-refractivity contribution in [2.24, 2.45) is 0 Å². The van der Waals surface area contributed by atoms with Gasteiger partial charge in [0.25, 0.3) is 7.82 Å². The molecule has 0 aliphatic heterocycles. The summed E-state index contributed by atoms with van der Waals surface area (Å²) in [6.45, 7) is 3.97. The molecule has 0 aliphatic carbocycles. The minimum Gasteiger partial charge on any atom is -0.756 e. The van der Waals surface area contributed by atoms with Crippen LogP contribution in [0.25, 0.3) is 0 Å². The molecule has 0 bridgehead atoms. The number of hydrogen-bond donors (Lipinski definition) is 0. The van der Waals surface area contributed by atoms with Gasteiger partial charge in [0.05, 0.1) is 27.7 Å². The van der Waals surface area contributed by atoms with E-state index >= 15 is 0 Å². The Kier molecular flexibility index (Phi) is 74.0. The van der Waals surface area contributed by atoms with E-state index in [9.17, 15) is 19.0 Å². The van der Waals surface area contributed by atoms with Crippen LogP contribution in [0.5, 0.6) is 0 Å². The predicted octanol–water partition coefficient (Wildman–Crippen LogP) is 26.5. The minimum atomic E-state index is -4.67. The summed E-state index contributed by atoms with van der Waals surface area (Å²) in [5, 5.41) is 0. The smallest absolute Gasteiger partial charge is 0.306 e. The lowest BCUT2D eigenvalue weighted by molar-refractivity contribution is -0.870. The molecule has 2 unspecified atom stereocenters. The summed E-state index contributed by atoms with van der Waals surface area (Å²) < 4.78 is 34.3.